The highest BCUT2D eigenvalue weighted by molar-refractivity contribution is 5.98. The van der Waals surface area contributed by atoms with E-state index < -0.39 is 64.6 Å². The summed E-state index contributed by atoms with van der Waals surface area (Å²) >= 11 is 0. The van der Waals surface area contributed by atoms with Crippen molar-refractivity contribution in [3.8, 4) is 0 Å². The van der Waals surface area contributed by atoms with Gasteiger partial charge in [0, 0.05) is 38.7 Å². The molecule has 11 nitrogen and oxygen atoms in total. The third-order valence-corrected chi connectivity index (χ3v) is 8.20. The third kappa shape index (κ3) is 7.31. The molecule has 5 rings (SSSR count). The Morgan fingerprint density at radius 2 is 1.65 bits per heavy atom. The SMILES string of the molecule is CC(C)[C@@H](NC(=O)c1cc(C(F)(F)F)ccc1F)C(=O)N1CCC2(CC1)C(=O)N(C)CN2c1ccc2nccn2c1.O=C(O)C(F)(F)F. The smallest absolute Gasteiger partial charge is 0.475 e. The van der Waals surface area contributed by atoms with Gasteiger partial charge in [-0.3, -0.25) is 14.4 Å². The number of rotatable bonds is 5. The van der Waals surface area contributed by atoms with Crippen molar-refractivity contribution in [2.75, 3.05) is 31.7 Å². The van der Waals surface area contributed by atoms with Crippen molar-refractivity contribution in [1.29, 1.82) is 0 Å². The molecule has 2 fully saturated rings. The van der Waals surface area contributed by atoms with E-state index in [-0.39, 0.29) is 19.0 Å². The number of nitrogens with zero attached hydrogens (tertiary/aromatic N) is 5. The molecule has 2 aromatic heterocycles. The number of likely N-dealkylation sites (N-methyl/N-ethyl adjacent to an activating group) is 1. The van der Waals surface area contributed by atoms with Gasteiger partial charge in [-0.25, -0.2) is 14.2 Å². The number of hydrogen-bond acceptors (Lipinski definition) is 6. The van der Waals surface area contributed by atoms with Crippen LogP contribution < -0.4 is 10.2 Å². The van der Waals surface area contributed by atoms with Crippen molar-refractivity contribution in [3.63, 3.8) is 0 Å². The molecule has 2 N–H and O–H groups in total. The fourth-order valence-electron chi connectivity index (χ4n) is 5.66. The molecule has 3 aromatic rings. The number of aliphatic carboxylic acids is 1. The highest BCUT2D eigenvalue weighted by Crippen LogP contribution is 2.39. The minimum atomic E-state index is -5.08. The summed E-state index contributed by atoms with van der Waals surface area (Å²) in [5.74, 6) is -5.92. The Morgan fingerprint density at radius 3 is 2.21 bits per heavy atom. The number of likely N-dealkylation sites (tertiary alicyclic amines) is 1. The number of piperidine rings is 1. The Kier molecular flexibility index (Phi) is 9.97. The lowest BCUT2D eigenvalue weighted by atomic mass is 9.85. The molecule has 2 aliphatic rings. The fourth-order valence-corrected chi connectivity index (χ4v) is 5.66. The number of carboxylic acids is 1. The molecule has 48 heavy (non-hydrogen) atoms. The van der Waals surface area contributed by atoms with E-state index in [1.165, 1.54) is 0 Å². The largest absolute Gasteiger partial charge is 0.490 e. The number of carboxylic acid groups (broad SMARTS) is 1. The van der Waals surface area contributed by atoms with Crippen molar-refractivity contribution < 1.29 is 55.0 Å². The maximum Gasteiger partial charge on any atom is 0.490 e. The summed E-state index contributed by atoms with van der Waals surface area (Å²) in [6.45, 7) is 4.18. The number of carbonyl (C=O) groups is 4. The molecule has 3 amide bonds. The maximum atomic E-state index is 14.3. The van der Waals surface area contributed by atoms with Gasteiger partial charge in [-0.2, -0.15) is 26.3 Å². The zero-order valence-corrected chi connectivity index (χ0v) is 25.8. The summed E-state index contributed by atoms with van der Waals surface area (Å²) in [6, 6.07) is 4.25. The summed E-state index contributed by atoms with van der Waals surface area (Å²) in [4.78, 5) is 58.2. The standard InChI is InChI=1S/C28H30F4N6O3.C2HF3O2/c1-17(2)23(34-24(39)20-14-18(28(30,31)32)4-6-21(20)29)25(40)36-11-8-27(9-12-36)26(41)35(3)16-38(27)19-5-7-22-33-10-13-37(22)15-19;3-2(4,5)1(6)7/h4-7,10,13-15,17,23H,8-9,11-12,16H2,1-3H3,(H,34,39);(H,6,7)/t23-;/m1./s1. The second-order valence-electron chi connectivity index (χ2n) is 11.7. The Bertz CT molecular complexity index is 1700. The van der Waals surface area contributed by atoms with Crippen LogP contribution in [0.4, 0.5) is 36.4 Å². The van der Waals surface area contributed by atoms with Crippen LogP contribution in [0.25, 0.3) is 5.65 Å². The van der Waals surface area contributed by atoms with E-state index in [9.17, 15) is 45.1 Å². The van der Waals surface area contributed by atoms with E-state index in [4.69, 9.17) is 9.90 Å². The molecule has 260 valence electrons. The average Bonchev–Trinajstić information content (AvgIpc) is 3.57. The van der Waals surface area contributed by atoms with Crippen molar-refractivity contribution in [2.24, 2.45) is 5.92 Å². The van der Waals surface area contributed by atoms with Crippen molar-refractivity contribution in [3.05, 3.63) is 65.9 Å². The minimum Gasteiger partial charge on any atom is -0.475 e. The topological polar surface area (TPSA) is 128 Å². The quantitative estimate of drug-likeness (QED) is 0.386. The summed E-state index contributed by atoms with van der Waals surface area (Å²) in [7, 11) is 1.73. The van der Waals surface area contributed by atoms with Gasteiger partial charge in [-0.05, 0) is 49.1 Å². The summed E-state index contributed by atoms with van der Waals surface area (Å²) in [6.07, 6.45) is -3.75. The molecule has 0 bridgehead atoms. The summed E-state index contributed by atoms with van der Waals surface area (Å²) < 4.78 is 87.4. The van der Waals surface area contributed by atoms with Crippen LogP contribution in [-0.2, 0) is 20.6 Å². The molecule has 0 saturated carbocycles. The van der Waals surface area contributed by atoms with Crippen molar-refractivity contribution in [2.45, 2.75) is 50.6 Å². The molecule has 2 saturated heterocycles. The second kappa shape index (κ2) is 13.3. The highest BCUT2D eigenvalue weighted by atomic mass is 19.4. The van der Waals surface area contributed by atoms with Gasteiger partial charge in [-0.1, -0.05) is 13.8 Å². The lowest BCUT2D eigenvalue weighted by Crippen LogP contribution is -2.60. The Balaban J connectivity index is 0.000000671. The van der Waals surface area contributed by atoms with Crippen LogP contribution in [0.2, 0.25) is 0 Å². The molecule has 1 atom stereocenters. The number of carbonyl (C=O) groups excluding carboxylic acids is 3. The average molecular weight is 689 g/mol. The first kappa shape index (κ1) is 35.9. The molecule has 2 aliphatic heterocycles. The monoisotopic (exact) mass is 688 g/mol. The number of aromatic nitrogens is 2. The first-order valence-electron chi connectivity index (χ1n) is 14.5. The number of benzene rings is 1. The molecule has 1 aromatic carbocycles. The number of fused-ring (bicyclic) bond motifs is 1. The zero-order valence-electron chi connectivity index (χ0n) is 25.8. The lowest BCUT2D eigenvalue weighted by Gasteiger charge is -2.44. The number of anilines is 1. The number of hydrogen-bond donors (Lipinski definition) is 2. The third-order valence-electron chi connectivity index (χ3n) is 8.20. The number of alkyl halides is 6. The van der Waals surface area contributed by atoms with Crippen LogP contribution >= 0.6 is 0 Å². The second-order valence-corrected chi connectivity index (χ2v) is 11.7. The van der Waals surface area contributed by atoms with Gasteiger partial charge in [0.05, 0.1) is 23.5 Å². The Morgan fingerprint density at radius 1 is 1.02 bits per heavy atom. The van der Waals surface area contributed by atoms with Gasteiger partial charge in [-0.15, -0.1) is 0 Å². The van der Waals surface area contributed by atoms with E-state index in [1.54, 1.807) is 36.9 Å². The normalized spacial score (nSPS) is 17.1. The zero-order chi connectivity index (χ0) is 35.8. The molecule has 18 heteroatoms. The van der Waals surface area contributed by atoms with Crippen molar-refractivity contribution in [1.82, 2.24) is 24.5 Å². The number of halogens is 7. The van der Waals surface area contributed by atoms with Crippen molar-refractivity contribution >= 4 is 35.0 Å². The molecule has 0 aliphatic carbocycles. The number of amides is 3. The predicted octanol–water partition coefficient (Wildman–Crippen LogP) is 4.18. The predicted molar refractivity (Wildman–Crippen MR) is 155 cm³/mol. The first-order valence-corrected chi connectivity index (χ1v) is 14.5. The number of imidazole rings is 1. The van der Waals surface area contributed by atoms with Crippen LogP contribution in [-0.4, -0.2) is 92.5 Å². The number of nitrogens with one attached hydrogen (secondary N) is 1. The fraction of sp³-hybridized carbons (Fsp3) is 0.433. The van der Waals surface area contributed by atoms with Crippen LogP contribution in [0.15, 0.2) is 48.9 Å². The van der Waals surface area contributed by atoms with E-state index in [0.29, 0.717) is 37.7 Å². The van der Waals surface area contributed by atoms with Crippen LogP contribution in [0.5, 0.6) is 0 Å². The number of pyridine rings is 1. The van der Waals surface area contributed by atoms with E-state index in [1.807, 2.05) is 33.8 Å². The Hall–Kier alpha value is -4.90. The van der Waals surface area contributed by atoms with E-state index >= 15 is 0 Å². The Labute approximate surface area is 268 Å². The molecule has 1 spiro atoms. The van der Waals surface area contributed by atoms with Gasteiger partial charge >= 0.3 is 18.3 Å². The van der Waals surface area contributed by atoms with Crippen LogP contribution in [0.3, 0.4) is 0 Å². The molecule has 4 heterocycles. The van der Waals surface area contributed by atoms with Crippen LogP contribution in [0, 0.1) is 11.7 Å². The summed E-state index contributed by atoms with van der Waals surface area (Å²) in [5.41, 5.74) is -1.21. The van der Waals surface area contributed by atoms with Gasteiger partial charge < -0.3 is 29.5 Å². The molecule has 0 radical (unpaired) electrons. The van der Waals surface area contributed by atoms with Crippen LogP contribution in [0.1, 0.15) is 42.6 Å². The van der Waals surface area contributed by atoms with Gasteiger partial charge in [0.25, 0.3) is 5.91 Å². The van der Waals surface area contributed by atoms with Gasteiger partial charge in [0.1, 0.15) is 23.0 Å². The van der Waals surface area contributed by atoms with Gasteiger partial charge in [0.2, 0.25) is 11.8 Å². The van der Waals surface area contributed by atoms with Gasteiger partial charge in [0.15, 0.2) is 0 Å². The minimum absolute atomic E-state index is 0.0518. The molecular formula is C30H31F7N6O5. The maximum absolute atomic E-state index is 14.3. The lowest BCUT2D eigenvalue weighted by molar-refractivity contribution is -0.192. The molecule has 0 unspecified atom stereocenters. The highest BCUT2D eigenvalue weighted by Gasteiger charge is 2.53. The van der Waals surface area contributed by atoms with E-state index in [0.717, 1.165) is 11.3 Å². The van der Waals surface area contributed by atoms with E-state index in [2.05, 4.69) is 10.3 Å². The first-order chi connectivity index (χ1) is 22.3. The molecular weight excluding hydrogens is 657 g/mol. The summed E-state index contributed by atoms with van der Waals surface area (Å²) in [5, 5.41) is 9.57.